The van der Waals surface area contributed by atoms with Gasteiger partial charge < -0.3 is 10.1 Å². The molecule has 0 aliphatic heterocycles. The number of hydrogen-bond donors (Lipinski definition) is 2. The molecule has 0 aliphatic rings. The summed E-state index contributed by atoms with van der Waals surface area (Å²) < 4.78 is 6.90. The van der Waals surface area contributed by atoms with E-state index >= 15 is 0 Å². The average Bonchev–Trinajstić information content (AvgIpc) is 3.24. The lowest BCUT2D eigenvalue weighted by molar-refractivity contribution is 0.0977. The molecule has 7 heteroatoms. The number of aromatic nitrogens is 1. The van der Waals surface area contributed by atoms with Crippen LogP contribution in [0.15, 0.2) is 72.8 Å². The topological polar surface area (TPSA) is 63.2 Å². The number of nitrogens with zero attached hydrogens (tertiary/aromatic N) is 1. The van der Waals surface area contributed by atoms with E-state index in [1.54, 1.807) is 35.6 Å². The number of thiazole rings is 1. The summed E-state index contributed by atoms with van der Waals surface area (Å²) in [7, 11) is 0. The Kier molecular flexibility index (Phi) is 6.78. The second kappa shape index (κ2) is 9.89. The summed E-state index contributed by atoms with van der Waals surface area (Å²) in [5.41, 5.74) is 3.33. The van der Waals surface area contributed by atoms with Gasteiger partial charge in [-0.2, -0.15) is 0 Å². The molecule has 4 aromatic rings. The summed E-state index contributed by atoms with van der Waals surface area (Å²) >= 11 is 6.96. The van der Waals surface area contributed by atoms with E-state index in [0.29, 0.717) is 5.56 Å². The quantitative estimate of drug-likeness (QED) is 0.332. The van der Waals surface area contributed by atoms with Crippen molar-refractivity contribution in [2.45, 2.75) is 26.4 Å². The first-order chi connectivity index (χ1) is 15.5. The van der Waals surface area contributed by atoms with Crippen LogP contribution in [0.1, 0.15) is 30.6 Å². The van der Waals surface area contributed by atoms with Gasteiger partial charge in [-0.25, -0.2) is 4.98 Å². The van der Waals surface area contributed by atoms with Crippen molar-refractivity contribution in [3.63, 3.8) is 0 Å². The lowest BCUT2D eigenvalue weighted by Crippen LogP contribution is -2.34. The van der Waals surface area contributed by atoms with Gasteiger partial charge in [0, 0.05) is 16.8 Å². The number of carbonyl (C=O) groups excluding carboxylic acids is 1. The number of fused-ring (bicyclic) bond motifs is 1. The molecule has 0 spiro atoms. The van der Waals surface area contributed by atoms with E-state index in [-0.39, 0.29) is 17.1 Å². The van der Waals surface area contributed by atoms with E-state index in [1.807, 2.05) is 49.4 Å². The van der Waals surface area contributed by atoms with Crippen LogP contribution in [-0.2, 0) is 0 Å². The SMILES string of the molecule is CCC(C)Oc1ccc(C(=O)NC(=S)Nc2ccc(-c3nc4ccccc4s3)cc2)cc1. The summed E-state index contributed by atoms with van der Waals surface area (Å²) in [5, 5.41) is 6.97. The molecule has 162 valence electrons. The van der Waals surface area contributed by atoms with E-state index in [1.165, 1.54) is 0 Å². The minimum atomic E-state index is -0.274. The molecule has 2 N–H and O–H groups in total. The van der Waals surface area contributed by atoms with Crippen LogP contribution in [0.25, 0.3) is 20.8 Å². The number of rotatable bonds is 6. The van der Waals surface area contributed by atoms with E-state index in [9.17, 15) is 4.79 Å². The molecule has 1 amide bonds. The Bertz CT molecular complexity index is 1200. The van der Waals surface area contributed by atoms with Crippen molar-refractivity contribution >= 4 is 50.5 Å². The standard InChI is InChI=1S/C25H23N3O2S2/c1-3-16(2)30-20-14-10-17(11-15-20)23(29)28-25(31)26-19-12-8-18(9-13-19)24-27-21-6-4-5-7-22(21)32-24/h4-16H,3H2,1-2H3,(H2,26,28,29,31). The number of thiocarbonyl (C=S) groups is 1. The number of para-hydroxylation sites is 1. The van der Waals surface area contributed by atoms with Crippen molar-refractivity contribution in [3.05, 3.63) is 78.4 Å². The highest BCUT2D eigenvalue weighted by molar-refractivity contribution is 7.80. The summed E-state index contributed by atoms with van der Waals surface area (Å²) in [6.45, 7) is 4.07. The predicted molar refractivity (Wildman–Crippen MR) is 136 cm³/mol. The summed E-state index contributed by atoms with van der Waals surface area (Å²) in [4.78, 5) is 17.2. The van der Waals surface area contributed by atoms with Crippen molar-refractivity contribution in [1.29, 1.82) is 0 Å². The maximum absolute atomic E-state index is 12.5. The first-order valence-corrected chi connectivity index (χ1v) is 11.6. The highest BCUT2D eigenvalue weighted by Crippen LogP contribution is 2.30. The van der Waals surface area contributed by atoms with Crippen molar-refractivity contribution in [1.82, 2.24) is 10.3 Å². The Morgan fingerprint density at radius 2 is 1.78 bits per heavy atom. The Labute approximate surface area is 196 Å². The van der Waals surface area contributed by atoms with E-state index < -0.39 is 0 Å². The van der Waals surface area contributed by atoms with Crippen LogP contribution < -0.4 is 15.4 Å². The van der Waals surface area contributed by atoms with Crippen molar-refractivity contribution in [3.8, 4) is 16.3 Å². The first kappa shape index (κ1) is 21.9. The van der Waals surface area contributed by atoms with Gasteiger partial charge in [0.15, 0.2) is 5.11 Å². The number of anilines is 1. The summed E-state index contributed by atoms with van der Waals surface area (Å²) in [5.74, 6) is 0.466. The van der Waals surface area contributed by atoms with Gasteiger partial charge in [0.05, 0.1) is 16.3 Å². The van der Waals surface area contributed by atoms with Gasteiger partial charge >= 0.3 is 0 Å². The maximum Gasteiger partial charge on any atom is 0.257 e. The molecule has 1 aromatic heterocycles. The van der Waals surface area contributed by atoms with Crippen LogP contribution in [0.5, 0.6) is 5.75 Å². The normalized spacial score (nSPS) is 11.7. The number of hydrogen-bond acceptors (Lipinski definition) is 5. The van der Waals surface area contributed by atoms with Crippen molar-refractivity contribution < 1.29 is 9.53 Å². The Morgan fingerprint density at radius 3 is 2.47 bits per heavy atom. The molecule has 1 heterocycles. The average molecular weight is 462 g/mol. The van der Waals surface area contributed by atoms with Gasteiger partial charge in [-0.1, -0.05) is 19.1 Å². The molecule has 5 nitrogen and oxygen atoms in total. The first-order valence-electron chi connectivity index (χ1n) is 10.4. The number of benzene rings is 3. The fourth-order valence-electron chi connectivity index (χ4n) is 3.03. The minimum Gasteiger partial charge on any atom is -0.491 e. The second-order valence-corrected chi connectivity index (χ2v) is 8.77. The molecule has 0 saturated heterocycles. The molecular formula is C25H23N3O2S2. The Morgan fingerprint density at radius 1 is 1.06 bits per heavy atom. The van der Waals surface area contributed by atoms with Gasteiger partial charge in [0.2, 0.25) is 0 Å². The van der Waals surface area contributed by atoms with Crippen LogP contribution in [0.2, 0.25) is 0 Å². The molecule has 4 rings (SSSR count). The zero-order valence-corrected chi connectivity index (χ0v) is 19.4. The third kappa shape index (κ3) is 5.30. The van der Waals surface area contributed by atoms with Crippen molar-refractivity contribution in [2.75, 3.05) is 5.32 Å². The van der Waals surface area contributed by atoms with Crippen LogP contribution in [0.4, 0.5) is 5.69 Å². The predicted octanol–water partition coefficient (Wildman–Crippen LogP) is 6.27. The lowest BCUT2D eigenvalue weighted by atomic mass is 10.2. The van der Waals surface area contributed by atoms with Gasteiger partial charge in [0.1, 0.15) is 10.8 Å². The largest absolute Gasteiger partial charge is 0.491 e. The van der Waals surface area contributed by atoms with E-state index in [4.69, 9.17) is 17.0 Å². The monoisotopic (exact) mass is 461 g/mol. The summed E-state index contributed by atoms with van der Waals surface area (Å²) in [6.07, 6.45) is 1.05. The zero-order chi connectivity index (χ0) is 22.5. The third-order valence-electron chi connectivity index (χ3n) is 4.94. The van der Waals surface area contributed by atoms with Crippen LogP contribution >= 0.6 is 23.6 Å². The molecule has 1 atom stereocenters. The molecule has 0 aliphatic carbocycles. The van der Waals surface area contributed by atoms with Gasteiger partial charge in [-0.3, -0.25) is 10.1 Å². The van der Waals surface area contributed by atoms with Crippen molar-refractivity contribution in [2.24, 2.45) is 0 Å². The molecule has 0 radical (unpaired) electrons. The second-order valence-electron chi connectivity index (χ2n) is 7.33. The summed E-state index contributed by atoms with van der Waals surface area (Å²) in [6, 6.07) is 22.9. The number of ether oxygens (including phenoxy) is 1. The lowest BCUT2D eigenvalue weighted by Gasteiger charge is -2.13. The zero-order valence-electron chi connectivity index (χ0n) is 17.8. The van der Waals surface area contributed by atoms with E-state index in [2.05, 4.69) is 28.6 Å². The number of amides is 1. The Hall–Kier alpha value is -3.29. The molecule has 0 fully saturated rings. The highest BCUT2D eigenvalue weighted by atomic mass is 32.1. The van der Waals surface area contributed by atoms with Crippen LogP contribution in [0.3, 0.4) is 0 Å². The fraction of sp³-hybridized carbons (Fsp3) is 0.160. The number of carbonyl (C=O) groups is 1. The Balaban J connectivity index is 1.35. The van der Waals surface area contributed by atoms with Gasteiger partial charge in [-0.05, 0) is 86.2 Å². The highest BCUT2D eigenvalue weighted by Gasteiger charge is 2.10. The van der Waals surface area contributed by atoms with Crippen LogP contribution in [-0.4, -0.2) is 22.1 Å². The molecule has 32 heavy (non-hydrogen) atoms. The van der Waals surface area contributed by atoms with Gasteiger partial charge in [0.25, 0.3) is 5.91 Å². The molecule has 1 unspecified atom stereocenters. The fourth-order valence-corrected chi connectivity index (χ4v) is 4.21. The van der Waals surface area contributed by atoms with E-state index in [0.717, 1.165) is 38.6 Å². The molecule has 0 saturated carbocycles. The third-order valence-corrected chi connectivity index (χ3v) is 6.23. The minimum absolute atomic E-state index is 0.132. The maximum atomic E-state index is 12.5. The van der Waals surface area contributed by atoms with Gasteiger partial charge in [-0.15, -0.1) is 11.3 Å². The number of nitrogens with one attached hydrogen (secondary N) is 2. The smallest absolute Gasteiger partial charge is 0.257 e. The van der Waals surface area contributed by atoms with Crippen LogP contribution in [0, 0.1) is 0 Å². The molecule has 0 bridgehead atoms. The molecular weight excluding hydrogens is 438 g/mol. The molecule has 3 aromatic carbocycles.